The summed E-state index contributed by atoms with van der Waals surface area (Å²) in [5.41, 5.74) is 2.00. The van der Waals surface area contributed by atoms with Crippen LogP contribution in [0.2, 0.25) is 0 Å². The molecule has 0 saturated carbocycles. The molecule has 0 radical (unpaired) electrons. The molecule has 3 nitrogen and oxygen atoms in total. The van der Waals surface area contributed by atoms with Gasteiger partial charge >= 0.3 is 6.36 Å². The Morgan fingerprint density at radius 2 is 1.46 bits per heavy atom. The summed E-state index contributed by atoms with van der Waals surface area (Å²) in [7, 11) is 0. The van der Waals surface area contributed by atoms with Crippen LogP contribution in [0.5, 0.6) is 5.75 Å². The standard InChI is InChI=1S/C18H17Br2F3N2O.2ClH/c19-15-6-3-13(11-16(15)20)17(25-9-7-24-8-10-25)12-1-4-14(5-2-12)26-18(21,22)23;;/h1-6,11,17,24H,7-10H2;2*1H/t17-;;/m1../s1. The van der Waals surface area contributed by atoms with Crippen LogP contribution in [0.15, 0.2) is 51.4 Å². The molecule has 1 fully saturated rings. The first-order chi connectivity index (χ1) is 12.3. The van der Waals surface area contributed by atoms with Gasteiger partial charge < -0.3 is 10.1 Å². The summed E-state index contributed by atoms with van der Waals surface area (Å²) in [6, 6.07) is 12.1. The molecule has 1 heterocycles. The first-order valence-corrected chi connectivity index (χ1v) is 9.67. The van der Waals surface area contributed by atoms with Crippen molar-refractivity contribution in [1.29, 1.82) is 0 Å². The molecule has 1 atom stereocenters. The van der Waals surface area contributed by atoms with Gasteiger partial charge in [-0.25, -0.2) is 0 Å². The number of hydrogen-bond acceptors (Lipinski definition) is 3. The molecule has 0 bridgehead atoms. The Bertz CT molecular complexity index is 757. The minimum atomic E-state index is -4.68. The van der Waals surface area contributed by atoms with E-state index in [0.717, 1.165) is 46.3 Å². The number of alkyl halides is 3. The molecule has 0 unspecified atom stereocenters. The fraction of sp³-hybridized carbons (Fsp3) is 0.333. The summed E-state index contributed by atoms with van der Waals surface area (Å²) in [5, 5.41) is 3.32. The molecular weight excluding hydrogens is 548 g/mol. The van der Waals surface area contributed by atoms with Crippen molar-refractivity contribution in [3.8, 4) is 5.75 Å². The van der Waals surface area contributed by atoms with Crippen molar-refractivity contribution in [3.05, 3.63) is 62.5 Å². The minimum Gasteiger partial charge on any atom is -0.406 e. The van der Waals surface area contributed by atoms with Gasteiger partial charge in [0.05, 0.1) is 6.04 Å². The largest absolute Gasteiger partial charge is 0.573 e. The first kappa shape index (κ1) is 25.5. The van der Waals surface area contributed by atoms with Gasteiger partial charge in [0.1, 0.15) is 5.75 Å². The molecule has 28 heavy (non-hydrogen) atoms. The lowest BCUT2D eigenvalue weighted by Gasteiger charge is -2.35. The number of nitrogens with one attached hydrogen (secondary N) is 1. The van der Waals surface area contributed by atoms with E-state index in [1.165, 1.54) is 12.1 Å². The maximum absolute atomic E-state index is 12.4. The van der Waals surface area contributed by atoms with Gasteiger partial charge in [-0.2, -0.15) is 0 Å². The van der Waals surface area contributed by atoms with Gasteiger partial charge in [-0.1, -0.05) is 18.2 Å². The molecule has 156 valence electrons. The van der Waals surface area contributed by atoms with Crippen molar-refractivity contribution >= 4 is 56.7 Å². The predicted octanol–water partition coefficient (Wildman–Crippen LogP) is 5.95. The highest BCUT2D eigenvalue weighted by Gasteiger charge is 2.31. The van der Waals surface area contributed by atoms with Gasteiger partial charge in [-0.3, -0.25) is 4.90 Å². The van der Waals surface area contributed by atoms with Crippen molar-refractivity contribution in [2.45, 2.75) is 12.4 Å². The second kappa shape index (κ2) is 11.0. The molecule has 0 amide bonds. The van der Waals surface area contributed by atoms with Gasteiger partial charge in [0.15, 0.2) is 0 Å². The number of hydrogen-bond donors (Lipinski definition) is 1. The summed E-state index contributed by atoms with van der Waals surface area (Å²) in [6.07, 6.45) is -4.68. The molecule has 1 aliphatic heterocycles. The molecule has 2 aromatic rings. The highest BCUT2D eigenvalue weighted by Crippen LogP contribution is 2.34. The quantitative estimate of drug-likeness (QED) is 0.495. The Labute approximate surface area is 191 Å². The third kappa shape index (κ3) is 6.78. The molecule has 1 aliphatic rings. The normalized spacial score (nSPS) is 15.9. The number of piperazine rings is 1. The summed E-state index contributed by atoms with van der Waals surface area (Å²) < 4.78 is 43.0. The summed E-state index contributed by atoms with van der Waals surface area (Å²) in [4.78, 5) is 2.33. The Balaban J connectivity index is 0.00000196. The van der Waals surface area contributed by atoms with Gasteiger partial charge in [0.2, 0.25) is 0 Å². The molecule has 2 aromatic carbocycles. The summed E-state index contributed by atoms with van der Waals surface area (Å²) in [5.74, 6) is -0.211. The lowest BCUT2D eigenvalue weighted by molar-refractivity contribution is -0.274. The van der Waals surface area contributed by atoms with E-state index in [0.29, 0.717) is 0 Å². The minimum absolute atomic E-state index is 0. The van der Waals surface area contributed by atoms with Crippen LogP contribution in [0.3, 0.4) is 0 Å². The molecule has 0 aliphatic carbocycles. The fourth-order valence-corrected chi connectivity index (χ4v) is 3.73. The fourth-order valence-electron chi connectivity index (χ4n) is 3.09. The van der Waals surface area contributed by atoms with Crippen molar-refractivity contribution < 1.29 is 17.9 Å². The van der Waals surface area contributed by atoms with E-state index in [1.807, 2.05) is 18.2 Å². The van der Waals surface area contributed by atoms with Crippen LogP contribution in [0, 0.1) is 0 Å². The Hall–Kier alpha value is -0.510. The summed E-state index contributed by atoms with van der Waals surface area (Å²) in [6.45, 7) is 3.48. The topological polar surface area (TPSA) is 24.5 Å². The van der Waals surface area contributed by atoms with E-state index in [1.54, 1.807) is 12.1 Å². The van der Waals surface area contributed by atoms with Crippen LogP contribution in [0.4, 0.5) is 13.2 Å². The SMILES string of the molecule is Cl.Cl.FC(F)(F)Oc1ccc([C@H](c2ccc(Br)c(Br)c2)N2CCNCC2)cc1. The zero-order valence-corrected chi connectivity index (χ0v) is 19.3. The van der Waals surface area contributed by atoms with Crippen molar-refractivity contribution in [3.63, 3.8) is 0 Å². The van der Waals surface area contributed by atoms with Gasteiger partial charge in [-0.05, 0) is 67.3 Å². The Morgan fingerprint density at radius 3 is 2.00 bits per heavy atom. The number of nitrogens with zero attached hydrogens (tertiary/aromatic N) is 1. The Kier molecular flexibility index (Phi) is 10.1. The lowest BCUT2D eigenvalue weighted by Crippen LogP contribution is -2.45. The zero-order valence-electron chi connectivity index (χ0n) is 14.5. The summed E-state index contributed by atoms with van der Waals surface area (Å²) >= 11 is 7.01. The molecule has 1 N–H and O–H groups in total. The van der Waals surface area contributed by atoms with Crippen molar-refractivity contribution in [2.75, 3.05) is 26.2 Å². The molecular formula is C18H19Br2Cl2F3N2O. The van der Waals surface area contributed by atoms with Crippen LogP contribution in [0.25, 0.3) is 0 Å². The van der Waals surface area contributed by atoms with Crippen LogP contribution in [0.1, 0.15) is 17.2 Å². The van der Waals surface area contributed by atoms with Gasteiger partial charge in [0, 0.05) is 35.1 Å². The van der Waals surface area contributed by atoms with E-state index in [9.17, 15) is 13.2 Å². The van der Waals surface area contributed by atoms with E-state index in [4.69, 9.17) is 0 Å². The van der Waals surface area contributed by atoms with E-state index in [2.05, 4.69) is 46.8 Å². The van der Waals surface area contributed by atoms with Crippen LogP contribution in [-0.4, -0.2) is 37.4 Å². The predicted molar refractivity (Wildman–Crippen MR) is 116 cm³/mol. The lowest BCUT2D eigenvalue weighted by atomic mass is 9.96. The maximum Gasteiger partial charge on any atom is 0.573 e. The van der Waals surface area contributed by atoms with Crippen LogP contribution in [-0.2, 0) is 0 Å². The van der Waals surface area contributed by atoms with Crippen LogP contribution >= 0.6 is 56.7 Å². The molecule has 0 spiro atoms. The number of benzene rings is 2. The average molecular weight is 567 g/mol. The van der Waals surface area contributed by atoms with Crippen molar-refractivity contribution in [2.24, 2.45) is 0 Å². The molecule has 3 rings (SSSR count). The highest BCUT2D eigenvalue weighted by molar-refractivity contribution is 9.13. The highest BCUT2D eigenvalue weighted by atomic mass is 79.9. The second-order valence-corrected chi connectivity index (χ2v) is 7.69. The average Bonchev–Trinajstić information content (AvgIpc) is 2.59. The third-order valence-corrected chi connectivity index (χ3v) is 6.09. The molecule has 10 heteroatoms. The first-order valence-electron chi connectivity index (χ1n) is 8.09. The Morgan fingerprint density at radius 1 is 0.893 bits per heavy atom. The number of rotatable bonds is 4. The van der Waals surface area contributed by atoms with E-state index < -0.39 is 6.36 Å². The van der Waals surface area contributed by atoms with Crippen LogP contribution < -0.4 is 10.1 Å². The number of halogens is 7. The van der Waals surface area contributed by atoms with E-state index in [-0.39, 0.29) is 36.6 Å². The molecule has 1 saturated heterocycles. The third-order valence-electron chi connectivity index (χ3n) is 4.21. The number of ether oxygens (including phenoxy) is 1. The van der Waals surface area contributed by atoms with Gasteiger partial charge in [0.25, 0.3) is 0 Å². The molecule has 0 aromatic heterocycles. The van der Waals surface area contributed by atoms with E-state index >= 15 is 0 Å². The van der Waals surface area contributed by atoms with Gasteiger partial charge in [-0.15, -0.1) is 38.0 Å². The van der Waals surface area contributed by atoms with Crippen molar-refractivity contribution in [1.82, 2.24) is 10.2 Å². The maximum atomic E-state index is 12.4. The monoisotopic (exact) mass is 564 g/mol. The zero-order chi connectivity index (χ0) is 18.7. The smallest absolute Gasteiger partial charge is 0.406 e. The second-order valence-electron chi connectivity index (χ2n) is 5.98.